The summed E-state index contributed by atoms with van der Waals surface area (Å²) in [4.78, 5) is 29.8. The number of fused-ring (bicyclic) bond motifs is 1. The molecular weight excluding hydrogens is 334 g/mol. The molecule has 0 unspecified atom stereocenters. The molecule has 0 aliphatic heterocycles. The summed E-state index contributed by atoms with van der Waals surface area (Å²) in [7, 11) is 0. The van der Waals surface area contributed by atoms with Crippen LogP contribution in [-0.4, -0.2) is 22.8 Å². The summed E-state index contributed by atoms with van der Waals surface area (Å²) in [6, 6.07) is 4.10. The largest absolute Gasteiger partial charge is 0.457 e. The van der Waals surface area contributed by atoms with Gasteiger partial charge in [-0.1, -0.05) is 13.0 Å². The summed E-state index contributed by atoms with van der Waals surface area (Å²) < 4.78 is 5.72. The lowest BCUT2D eigenvalue weighted by atomic mass is 9.84. The van der Waals surface area contributed by atoms with Gasteiger partial charge in [-0.25, -0.2) is 4.79 Å². The fourth-order valence-corrected chi connectivity index (χ4v) is 5.08. The molecule has 25 heavy (non-hydrogen) atoms. The maximum absolute atomic E-state index is 12.7. The number of hydrogen-bond donors (Lipinski definition) is 1. The molecular formula is C20H23NO3S. The van der Waals surface area contributed by atoms with E-state index >= 15 is 0 Å². The average molecular weight is 357 g/mol. The van der Waals surface area contributed by atoms with E-state index in [1.165, 1.54) is 4.88 Å². The highest BCUT2D eigenvalue weighted by Crippen LogP contribution is 2.37. The van der Waals surface area contributed by atoms with Crippen LogP contribution in [0, 0.1) is 12.8 Å². The Hall–Kier alpha value is -1.88. The third kappa shape index (κ3) is 2.95. The van der Waals surface area contributed by atoms with Gasteiger partial charge in [-0.3, -0.25) is 4.79 Å². The van der Waals surface area contributed by atoms with Gasteiger partial charge in [0.15, 0.2) is 5.78 Å². The first-order valence-electron chi connectivity index (χ1n) is 9.03. The number of ether oxygens (including phenoxy) is 1. The number of hydrogen-bond acceptors (Lipinski definition) is 4. The number of rotatable bonds is 3. The fourth-order valence-electron chi connectivity index (χ4n) is 4.25. The molecule has 5 heteroatoms. The summed E-state index contributed by atoms with van der Waals surface area (Å²) in [5, 5.41) is 2.04. The normalized spacial score (nSPS) is 25.8. The molecule has 2 heterocycles. The number of aromatic amines is 1. The molecule has 2 aromatic heterocycles. The topological polar surface area (TPSA) is 59.2 Å². The summed E-state index contributed by atoms with van der Waals surface area (Å²) in [5.41, 5.74) is 2.81. The molecule has 2 aromatic rings. The van der Waals surface area contributed by atoms with Crippen LogP contribution in [0.25, 0.3) is 0 Å². The van der Waals surface area contributed by atoms with Crippen molar-refractivity contribution in [1.29, 1.82) is 0 Å². The van der Waals surface area contributed by atoms with Crippen molar-refractivity contribution < 1.29 is 14.3 Å². The second-order valence-corrected chi connectivity index (χ2v) is 8.35. The lowest BCUT2D eigenvalue weighted by molar-refractivity contribution is 0.0219. The summed E-state index contributed by atoms with van der Waals surface area (Å²) in [6.45, 7) is 3.99. The van der Waals surface area contributed by atoms with Crippen LogP contribution in [0.1, 0.15) is 75.5 Å². The maximum atomic E-state index is 12.7. The Kier molecular flexibility index (Phi) is 4.28. The number of thiophene rings is 1. The molecule has 132 valence electrons. The SMILES string of the molecule is Cc1c(C(=O)O[C@H]2CCC[C@H]2C)[nH]c2c1C(=O)C[C@@H](c1cccs1)C2. The van der Waals surface area contributed by atoms with Crippen LogP contribution < -0.4 is 0 Å². The van der Waals surface area contributed by atoms with Gasteiger partial charge in [-0.2, -0.15) is 0 Å². The Bertz CT molecular complexity index is 805. The van der Waals surface area contributed by atoms with Crippen LogP contribution in [0.4, 0.5) is 0 Å². The van der Waals surface area contributed by atoms with Gasteiger partial charge in [-0.15, -0.1) is 11.3 Å². The zero-order chi connectivity index (χ0) is 17.6. The predicted molar refractivity (Wildman–Crippen MR) is 97.5 cm³/mol. The number of carbonyl (C=O) groups excluding carboxylic acids is 2. The molecule has 2 aliphatic rings. The summed E-state index contributed by atoms with van der Waals surface area (Å²) in [6.07, 6.45) is 4.45. The highest BCUT2D eigenvalue weighted by atomic mass is 32.1. The highest BCUT2D eigenvalue weighted by molar-refractivity contribution is 7.10. The van der Waals surface area contributed by atoms with E-state index in [9.17, 15) is 9.59 Å². The lowest BCUT2D eigenvalue weighted by Gasteiger charge is -2.20. The van der Waals surface area contributed by atoms with Crippen molar-refractivity contribution in [2.75, 3.05) is 0 Å². The van der Waals surface area contributed by atoms with Crippen molar-refractivity contribution in [2.24, 2.45) is 5.92 Å². The van der Waals surface area contributed by atoms with Crippen molar-refractivity contribution in [3.63, 3.8) is 0 Å². The third-order valence-electron chi connectivity index (χ3n) is 5.68. The number of Topliss-reactive ketones (excluding diaryl/α,β-unsaturated/α-hetero) is 1. The lowest BCUT2D eigenvalue weighted by Crippen LogP contribution is -2.21. The Morgan fingerprint density at radius 1 is 1.32 bits per heavy atom. The van der Waals surface area contributed by atoms with E-state index < -0.39 is 0 Å². The molecule has 0 amide bonds. The van der Waals surface area contributed by atoms with Gasteiger partial charge < -0.3 is 9.72 Å². The molecule has 4 nitrogen and oxygen atoms in total. The number of ketones is 1. The monoisotopic (exact) mass is 357 g/mol. The first-order valence-corrected chi connectivity index (χ1v) is 9.91. The van der Waals surface area contributed by atoms with E-state index in [4.69, 9.17) is 4.74 Å². The maximum Gasteiger partial charge on any atom is 0.355 e. The van der Waals surface area contributed by atoms with E-state index in [1.54, 1.807) is 11.3 Å². The van der Waals surface area contributed by atoms with Crippen molar-refractivity contribution in [3.8, 4) is 0 Å². The Balaban J connectivity index is 1.59. The van der Waals surface area contributed by atoms with Crippen LogP contribution in [0.15, 0.2) is 17.5 Å². The van der Waals surface area contributed by atoms with Crippen molar-refractivity contribution in [3.05, 3.63) is 44.9 Å². The first kappa shape index (κ1) is 16.6. The van der Waals surface area contributed by atoms with E-state index in [1.807, 2.05) is 18.4 Å². The minimum absolute atomic E-state index is 0.00166. The van der Waals surface area contributed by atoms with Crippen LogP contribution in [-0.2, 0) is 11.2 Å². The number of esters is 1. The number of H-pyrrole nitrogens is 1. The van der Waals surface area contributed by atoms with E-state index in [0.717, 1.165) is 36.9 Å². The average Bonchev–Trinajstić information content (AvgIpc) is 3.29. The first-order chi connectivity index (χ1) is 12.0. The smallest absolute Gasteiger partial charge is 0.355 e. The highest BCUT2D eigenvalue weighted by Gasteiger charge is 2.34. The molecule has 4 rings (SSSR count). The Labute approximate surface area is 151 Å². The molecule has 0 aromatic carbocycles. The van der Waals surface area contributed by atoms with Crippen molar-refractivity contribution >= 4 is 23.1 Å². The molecule has 0 radical (unpaired) electrons. The molecule has 3 atom stereocenters. The Morgan fingerprint density at radius 3 is 2.84 bits per heavy atom. The van der Waals surface area contributed by atoms with Gasteiger partial charge in [-0.05, 0) is 55.5 Å². The minimum Gasteiger partial charge on any atom is -0.457 e. The third-order valence-corrected chi connectivity index (χ3v) is 6.71. The van der Waals surface area contributed by atoms with Gasteiger partial charge in [0, 0.05) is 28.5 Å². The standard InChI is InChI=1S/C20H23NO3S/c1-11-5-3-6-16(11)24-20(23)19-12(2)18-14(21-19)9-13(10-15(18)22)17-7-4-8-25-17/h4,7-8,11,13,16,21H,3,5-6,9-10H2,1-2H3/t11-,13+,16+/m1/s1. The number of nitrogens with one attached hydrogen (secondary N) is 1. The number of aromatic nitrogens is 1. The fraction of sp³-hybridized carbons (Fsp3) is 0.500. The zero-order valence-corrected chi connectivity index (χ0v) is 15.4. The minimum atomic E-state index is -0.314. The molecule has 1 N–H and O–H groups in total. The van der Waals surface area contributed by atoms with E-state index in [2.05, 4.69) is 18.0 Å². The predicted octanol–water partition coefficient (Wildman–Crippen LogP) is 4.64. The van der Waals surface area contributed by atoms with E-state index in [-0.39, 0.29) is 23.8 Å². The van der Waals surface area contributed by atoms with Crippen LogP contribution >= 0.6 is 11.3 Å². The zero-order valence-electron chi connectivity index (χ0n) is 14.6. The second kappa shape index (κ2) is 6.45. The molecule has 0 bridgehead atoms. The van der Waals surface area contributed by atoms with Gasteiger partial charge in [0.2, 0.25) is 0 Å². The van der Waals surface area contributed by atoms with Gasteiger partial charge in [0.05, 0.1) is 0 Å². The van der Waals surface area contributed by atoms with Crippen molar-refractivity contribution in [1.82, 2.24) is 4.98 Å². The van der Waals surface area contributed by atoms with Gasteiger partial charge >= 0.3 is 5.97 Å². The summed E-state index contributed by atoms with van der Waals surface area (Å²) in [5.74, 6) is 0.434. The molecule has 1 fully saturated rings. The quantitative estimate of drug-likeness (QED) is 0.814. The van der Waals surface area contributed by atoms with Crippen molar-refractivity contribution in [2.45, 2.75) is 58.0 Å². The van der Waals surface area contributed by atoms with Crippen LogP contribution in [0.5, 0.6) is 0 Å². The van der Waals surface area contributed by atoms with E-state index in [0.29, 0.717) is 23.6 Å². The molecule has 2 aliphatic carbocycles. The number of carbonyl (C=O) groups is 2. The molecule has 1 saturated carbocycles. The molecule has 0 saturated heterocycles. The molecule has 0 spiro atoms. The summed E-state index contributed by atoms with van der Waals surface area (Å²) >= 11 is 1.69. The van der Waals surface area contributed by atoms with Gasteiger partial charge in [0.1, 0.15) is 11.8 Å². The van der Waals surface area contributed by atoms with Crippen LogP contribution in [0.3, 0.4) is 0 Å². The Morgan fingerprint density at radius 2 is 2.16 bits per heavy atom. The van der Waals surface area contributed by atoms with Crippen LogP contribution in [0.2, 0.25) is 0 Å². The van der Waals surface area contributed by atoms with Gasteiger partial charge in [0.25, 0.3) is 0 Å². The second-order valence-electron chi connectivity index (χ2n) is 7.37.